The number of alkyl halides is 3. The molecule has 0 aliphatic heterocycles. The van der Waals surface area contributed by atoms with E-state index in [1.54, 1.807) is 0 Å². The number of hydrogen-bond donors (Lipinski definition) is 0. The van der Waals surface area contributed by atoms with E-state index in [1.165, 1.54) is 11.1 Å². The molecule has 0 bridgehead atoms. The maximum atomic E-state index is 11.4. The van der Waals surface area contributed by atoms with Crippen LogP contribution in [0.25, 0.3) is 0 Å². The summed E-state index contributed by atoms with van der Waals surface area (Å²) in [6.07, 6.45) is 0. The summed E-state index contributed by atoms with van der Waals surface area (Å²) in [7, 11) is 0. The van der Waals surface area contributed by atoms with Crippen molar-refractivity contribution in [2.75, 3.05) is 5.33 Å². The summed E-state index contributed by atoms with van der Waals surface area (Å²) in [4.78, 5) is 11.4. The van der Waals surface area contributed by atoms with E-state index in [0.717, 1.165) is 14.4 Å². The first kappa shape index (κ1) is 12.9. The number of ketones is 1. The Morgan fingerprint density at radius 2 is 1.86 bits per heavy atom. The molecule has 0 aliphatic carbocycles. The Balaban J connectivity index is 3.07. The summed E-state index contributed by atoms with van der Waals surface area (Å²) in [5.41, 5.74) is 3.40. The fourth-order valence-corrected chi connectivity index (χ4v) is 2.91. The lowest BCUT2D eigenvalue weighted by Crippen LogP contribution is -2.01. The fourth-order valence-electron chi connectivity index (χ4n) is 1.13. The monoisotopic (exact) mass is 478 g/mol. The smallest absolute Gasteiger partial charge is 0.173 e. The Morgan fingerprint density at radius 1 is 1.21 bits per heavy atom. The van der Waals surface area contributed by atoms with Gasteiger partial charge in [-0.25, -0.2) is 0 Å². The Kier molecular flexibility index (Phi) is 5.91. The van der Waals surface area contributed by atoms with E-state index in [4.69, 9.17) is 0 Å². The van der Waals surface area contributed by atoms with Crippen molar-refractivity contribution < 1.29 is 4.79 Å². The third kappa shape index (κ3) is 3.16. The summed E-state index contributed by atoms with van der Waals surface area (Å²) in [6.45, 7) is 0. The lowest BCUT2D eigenvalue weighted by molar-refractivity contribution is 0.102. The standard InChI is InChI=1S/C10H9BrI2O/c11-4-10(14)7-1-2-8(5-12)9(3-7)6-13/h1-3H,4-6H2. The Morgan fingerprint density at radius 3 is 2.36 bits per heavy atom. The van der Waals surface area contributed by atoms with Gasteiger partial charge < -0.3 is 0 Å². The molecule has 1 rings (SSSR count). The first-order valence-corrected chi connectivity index (χ1v) is 8.23. The van der Waals surface area contributed by atoms with Crippen LogP contribution >= 0.6 is 61.1 Å². The number of carbonyl (C=O) groups excluding carboxylic acids is 1. The number of halogens is 3. The van der Waals surface area contributed by atoms with Crippen molar-refractivity contribution in [3.8, 4) is 0 Å². The Hall–Kier alpha value is 0.830. The molecule has 0 saturated carbocycles. The third-order valence-corrected chi connectivity index (χ3v) is 4.09. The van der Waals surface area contributed by atoms with Crippen LogP contribution in [0.4, 0.5) is 0 Å². The van der Waals surface area contributed by atoms with Crippen LogP contribution in [0.3, 0.4) is 0 Å². The minimum absolute atomic E-state index is 0.149. The van der Waals surface area contributed by atoms with Crippen molar-refractivity contribution >= 4 is 66.9 Å². The van der Waals surface area contributed by atoms with Crippen LogP contribution < -0.4 is 0 Å². The van der Waals surface area contributed by atoms with Crippen LogP contribution in [0.1, 0.15) is 21.5 Å². The van der Waals surface area contributed by atoms with Crippen LogP contribution in [0.2, 0.25) is 0 Å². The van der Waals surface area contributed by atoms with Crippen molar-refractivity contribution in [2.24, 2.45) is 0 Å². The van der Waals surface area contributed by atoms with E-state index < -0.39 is 0 Å². The van der Waals surface area contributed by atoms with Crippen molar-refractivity contribution in [3.63, 3.8) is 0 Å². The molecule has 0 heterocycles. The van der Waals surface area contributed by atoms with Gasteiger partial charge in [-0.1, -0.05) is 73.2 Å². The highest BCUT2D eigenvalue weighted by atomic mass is 127. The van der Waals surface area contributed by atoms with E-state index in [-0.39, 0.29) is 5.78 Å². The zero-order chi connectivity index (χ0) is 10.6. The predicted molar refractivity (Wildman–Crippen MR) is 80.0 cm³/mol. The van der Waals surface area contributed by atoms with Gasteiger partial charge in [-0.05, 0) is 17.2 Å². The van der Waals surface area contributed by atoms with Gasteiger partial charge in [-0.2, -0.15) is 0 Å². The molecular weight excluding hydrogens is 470 g/mol. The number of Topliss-reactive ketones (excluding diaryl/α,β-unsaturated/α-hetero) is 1. The largest absolute Gasteiger partial charge is 0.293 e. The SMILES string of the molecule is O=C(CBr)c1ccc(CI)c(CI)c1. The second kappa shape index (κ2) is 6.42. The molecule has 0 aromatic heterocycles. The van der Waals surface area contributed by atoms with Crippen molar-refractivity contribution in [3.05, 3.63) is 34.9 Å². The van der Waals surface area contributed by atoms with Gasteiger partial charge in [0.2, 0.25) is 0 Å². The second-order valence-electron chi connectivity index (χ2n) is 2.81. The van der Waals surface area contributed by atoms with E-state index in [9.17, 15) is 4.79 Å². The average molecular weight is 479 g/mol. The predicted octanol–water partition coefficient (Wildman–Crippen LogP) is 4.13. The maximum Gasteiger partial charge on any atom is 0.173 e. The van der Waals surface area contributed by atoms with Gasteiger partial charge in [0.25, 0.3) is 0 Å². The number of rotatable bonds is 4. The van der Waals surface area contributed by atoms with Gasteiger partial charge in [-0.15, -0.1) is 0 Å². The molecule has 76 valence electrons. The zero-order valence-corrected chi connectivity index (χ0v) is 13.3. The van der Waals surface area contributed by atoms with Gasteiger partial charge in [0.1, 0.15) is 0 Å². The molecule has 0 amide bonds. The molecule has 14 heavy (non-hydrogen) atoms. The van der Waals surface area contributed by atoms with Crippen LogP contribution in [0, 0.1) is 0 Å². The van der Waals surface area contributed by atoms with Gasteiger partial charge in [0, 0.05) is 14.4 Å². The molecule has 1 aromatic rings. The summed E-state index contributed by atoms with van der Waals surface area (Å²) in [6, 6.07) is 5.97. The lowest BCUT2D eigenvalue weighted by atomic mass is 10.0. The molecule has 1 aromatic carbocycles. The lowest BCUT2D eigenvalue weighted by Gasteiger charge is -2.06. The molecular formula is C10H9BrI2O. The van der Waals surface area contributed by atoms with Gasteiger partial charge in [0.05, 0.1) is 5.33 Å². The molecule has 0 radical (unpaired) electrons. The molecule has 4 heteroatoms. The number of hydrogen-bond acceptors (Lipinski definition) is 1. The highest BCUT2D eigenvalue weighted by molar-refractivity contribution is 14.1. The van der Waals surface area contributed by atoms with Crippen molar-refractivity contribution in [1.82, 2.24) is 0 Å². The van der Waals surface area contributed by atoms with Gasteiger partial charge in [0.15, 0.2) is 5.78 Å². The number of carbonyl (C=O) groups is 1. The molecule has 0 spiro atoms. The van der Waals surface area contributed by atoms with Crippen LogP contribution in [0.5, 0.6) is 0 Å². The summed E-state index contributed by atoms with van der Waals surface area (Å²) >= 11 is 7.85. The Bertz CT molecular complexity index is 339. The van der Waals surface area contributed by atoms with Crippen molar-refractivity contribution in [1.29, 1.82) is 0 Å². The van der Waals surface area contributed by atoms with Crippen LogP contribution in [-0.4, -0.2) is 11.1 Å². The summed E-state index contributed by atoms with van der Waals surface area (Å²) in [5, 5.41) is 0.400. The summed E-state index contributed by atoms with van der Waals surface area (Å²) in [5.74, 6) is 0.149. The van der Waals surface area contributed by atoms with Gasteiger partial charge >= 0.3 is 0 Å². The second-order valence-corrected chi connectivity index (χ2v) is 4.89. The minimum Gasteiger partial charge on any atom is -0.293 e. The summed E-state index contributed by atoms with van der Waals surface area (Å²) < 4.78 is 1.96. The molecule has 0 unspecified atom stereocenters. The minimum atomic E-state index is 0.149. The number of benzene rings is 1. The highest BCUT2D eigenvalue weighted by Gasteiger charge is 2.07. The molecule has 0 N–H and O–H groups in total. The Labute approximate surface area is 119 Å². The molecule has 0 aliphatic rings. The quantitative estimate of drug-likeness (QED) is 0.361. The molecule has 0 fully saturated rings. The normalized spacial score (nSPS) is 10.2. The van der Waals surface area contributed by atoms with E-state index in [2.05, 4.69) is 67.2 Å². The fraction of sp³-hybridized carbons (Fsp3) is 0.300. The van der Waals surface area contributed by atoms with Gasteiger partial charge in [-0.3, -0.25) is 4.79 Å². The molecule has 0 atom stereocenters. The topological polar surface area (TPSA) is 17.1 Å². The first-order valence-electron chi connectivity index (χ1n) is 4.05. The first-order chi connectivity index (χ1) is 6.72. The van der Waals surface area contributed by atoms with Crippen LogP contribution in [-0.2, 0) is 8.86 Å². The zero-order valence-electron chi connectivity index (χ0n) is 7.40. The molecule has 0 saturated heterocycles. The third-order valence-electron chi connectivity index (χ3n) is 1.94. The van der Waals surface area contributed by atoms with E-state index in [0.29, 0.717) is 5.33 Å². The molecule has 1 nitrogen and oxygen atoms in total. The highest BCUT2D eigenvalue weighted by Crippen LogP contribution is 2.19. The van der Waals surface area contributed by atoms with Crippen molar-refractivity contribution in [2.45, 2.75) is 8.86 Å². The average Bonchev–Trinajstić information content (AvgIpc) is 2.26. The van der Waals surface area contributed by atoms with Crippen LogP contribution in [0.15, 0.2) is 18.2 Å². The van der Waals surface area contributed by atoms with E-state index in [1.807, 2.05) is 12.1 Å². The van der Waals surface area contributed by atoms with E-state index >= 15 is 0 Å². The maximum absolute atomic E-state index is 11.4.